The molecule has 0 amide bonds. The summed E-state index contributed by atoms with van der Waals surface area (Å²) in [6.45, 7) is 7.32. The van der Waals surface area contributed by atoms with Crippen molar-refractivity contribution in [3.05, 3.63) is 59.7 Å². The standard InChI is InChI=1S/C21H26O3/c1-15(2)16(3)8-7-13-24-18-11-12-19(20(22)14-18)21(23)17-9-5-4-6-10-17/h4-6,9-12,14-16,22H,7-8,13H2,1-3H3. The maximum atomic E-state index is 12.4. The predicted octanol–water partition coefficient (Wildman–Crippen LogP) is 5.07. The molecule has 1 atom stereocenters. The van der Waals surface area contributed by atoms with E-state index in [1.165, 1.54) is 6.07 Å². The fourth-order valence-corrected chi connectivity index (χ4v) is 2.47. The molecule has 2 aromatic carbocycles. The highest BCUT2D eigenvalue weighted by Gasteiger charge is 2.14. The summed E-state index contributed by atoms with van der Waals surface area (Å²) in [4.78, 5) is 12.4. The number of benzene rings is 2. The molecule has 3 heteroatoms. The predicted molar refractivity (Wildman–Crippen MR) is 96.7 cm³/mol. The number of phenols is 1. The Balaban J connectivity index is 1.94. The number of carbonyl (C=O) groups excluding carboxylic acids is 1. The minimum Gasteiger partial charge on any atom is -0.507 e. The largest absolute Gasteiger partial charge is 0.507 e. The second-order valence-electron chi connectivity index (χ2n) is 6.59. The molecule has 2 rings (SSSR count). The van der Waals surface area contributed by atoms with E-state index < -0.39 is 0 Å². The molecule has 0 aromatic heterocycles. The third kappa shape index (κ3) is 4.85. The second-order valence-corrected chi connectivity index (χ2v) is 6.59. The summed E-state index contributed by atoms with van der Waals surface area (Å²) in [5, 5.41) is 10.1. The number of phenolic OH excluding ortho intramolecular Hbond substituents is 1. The van der Waals surface area contributed by atoms with Crippen molar-refractivity contribution in [1.82, 2.24) is 0 Å². The summed E-state index contributed by atoms with van der Waals surface area (Å²) in [6, 6.07) is 13.8. The van der Waals surface area contributed by atoms with Gasteiger partial charge in [-0.3, -0.25) is 4.79 Å². The van der Waals surface area contributed by atoms with Crippen LogP contribution in [0.3, 0.4) is 0 Å². The fourth-order valence-electron chi connectivity index (χ4n) is 2.47. The molecule has 0 fully saturated rings. The Hall–Kier alpha value is -2.29. The zero-order chi connectivity index (χ0) is 17.5. The smallest absolute Gasteiger partial charge is 0.196 e. The van der Waals surface area contributed by atoms with Gasteiger partial charge in [0.05, 0.1) is 12.2 Å². The maximum absolute atomic E-state index is 12.4. The molecule has 0 saturated carbocycles. The van der Waals surface area contributed by atoms with Crippen LogP contribution in [0.25, 0.3) is 0 Å². The van der Waals surface area contributed by atoms with Crippen molar-refractivity contribution in [3.8, 4) is 11.5 Å². The van der Waals surface area contributed by atoms with Crippen LogP contribution in [-0.2, 0) is 0 Å². The molecule has 0 heterocycles. The Morgan fingerprint density at radius 3 is 2.42 bits per heavy atom. The summed E-state index contributed by atoms with van der Waals surface area (Å²) in [5.41, 5.74) is 0.853. The summed E-state index contributed by atoms with van der Waals surface area (Å²) < 4.78 is 5.69. The van der Waals surface area contributed by atoms with Crippen molar-refractivity contribution in [2.24, 2.45) is 11.8 Å². The van der Waals surface area contributed by atoms with Crippen LogP contribution in [0.2, 0.25) is 0 Å². The van der Waals surface area contributed by atoms with Crippen LogP contribution in [0.5, 0.6) is 11.5 Å². The van der Waals surface area contributed by atoms with Gasteiger partial charge in [0.1, 0.15) is 11.5 Å². The highest BCUT2D eigenvalue weighted by Crippen LogP contribution is 2.26. The van der Waals surface area contributed by atoms with E-state index in [9.17, 15) is 9.90 Å². The molecule has 0 radical (unpaired) electrons. The molecule has 0 aliphatic carbocycles. The third-order valence-electron chi connectivity index (χ3n) is 4.46. The van der Waals surface area contributed by atoms with Gasteiger partial charge >= 0.3 is 0 Å². The number of hydrogen-bond acceptors (Lipinski definition) is 3. The van der Waals surface area contributed by atoms with Crippen LogP contribution in [0.15, 0.2) is 48.5 Å². The molecule has 0 aliphatic heterocycles. The van der Waals surface area contributed by atoms with Gasteiger partial charge < -0.3 is 9.84 Å². The normalized spacial score (nSPS) is 12.2. The highest BCUT2D eigenvalue weighted by molar-refractivity contribution is 6.10. The quantitative estimate of drug-likeness (QED) is 0.544. The zero-order valence-corrected chi connectivity index (χ0v) is 14.7. The van der Waals surface area contributed by atoms with Gasteiger partial charge in [0.25, 0.3) is 0 Å². The van der Waals surface area contributed by atoms with Crippen LogP contribution < -0.4 is 4.74 Å². The molecular formula is C21H26O3. The SMILES string of the molecule is CC(C)C(C)CCCOc1ccc(C(=O)c2ccccc2)c(O)c1. The molecule has 0 spiro atoms. The second kappa shape index (κ2) is 8.53. The average Bonchev–Trinajstić information content (AvgIpc) is 2.58. The van der Waals surface area contributed by atoms with Crippen molar-refractivity contribution >= 4 is 5.78 Å². The number of ether oxygens (including phenoxy) is 1. The lowest BCUT2D eigenvalue weighted by Gasteiger charge is -2.15. The summed E-state index contributed by atoms with van der Waals surface area (Å²) in [6.07, 6.45) is 2.10. The van der Waals surface area contributed by atoms with Gasteiger partial charge in [-0.15, -0.1) is 0 Å². The van der Waals surface area contributed by atoms with Gasteiger partial charge in [0, 0.05) is 11.6 Å². The molecule has 128 valence electrons. The van der Waals surface area contributed by atoms with Crippen molar-refractivity contribution < 1.29 is 14.6 Å². The lowest BCUT2D eigenvalue weighted by Crippen LogP contribution is -2.07. The number of carbonyl (C=O) groups is 1. The number of aromatic hydroxyl groups is 1. The van der Waals surface area contributed by atoms with Gasteiger partial charge in [-0.2, -0.15) is 0 Å². The molecule has 3 nitrogen and oxygen atoms in total. The van der Waals surface area contributed by atoms with Crippen LogP contribution in [0.4, 0.5) is 0 Å². The molecule has 1 unspecified atom stereocenters. The first-order chi connectivity index (χ1) is 11.5. The Bertz CT molecular complexity index is 662. The van der Waals surface area contributed by atoms with Crippen LogP contribution in [0.1, 0.15) is 49.5 Å². The zero-order valence-electron chi connectivity index (χ0n) is 14.7. The van der Waals surface area contributed by atoms with Crippen molar-refractivity contribution in [2.75, 3.05) is 6.61 Å². The first kappa shape index (κ1) is 18.1. The summed E-state index contributed by atoms with van der Waals surface area (Å²) >= 11 is 0. The summed E-state index contributed by atoms with van der Waals surface area (Å²) in [5.74, 6) is 1.71. The number of ketones is 1. The lowest BCUT2D eigenvalue weighted by atomic mass is 9.93. The lowest BCUT2D eigenvalue weighted by molar-refractivity contribution is 0.103. The van der Waals surface area contributed by atoms with Crippen molar-refractivity contribution in [3.63, 3.8) is 0 Å². The number of hydrogen-bond donors (Lipinski definition) is 1. The molecule has 1 N–H and O–H groups in total. The molecule has 2 aromatic rings. The maximum Gasteiger partial charge on any atom is 0.196 e. The fraction of sp³-hybridized carbons (Fsp3) is 0.381. The Morgan fingerprint density at radius 2 is 1.79 bits per heavy atom. The van der Waals surface area contributed by atoms with E-state index in [0.717, 1.165) is 12.8 Å². The van der Waals surface area contributed by atoms with E-state index in [2.05, 4.69) is 20.8 Å². The van der Waals surface area contributed by atoms with E-state index in [1.807, 2.05) is 6.07 Å². The monoisotopic (exact) mass is 326 g/mol. The van der Waals surface area contributed by atoms with Gasteiger partial charge in [-0.25, -0.2) is 0 Å². The molecule has 24 heavy (non-hydrogen) atoms. The first-order valence-corrected chi connectivity index (χ1v) is 8.54. The molecule has 0 aliphatic rings. The third-order valence-corrected chi connectivity index (χ3v) is 4.46. The van der Waals surface area contributed by atoms with Crippen LogP contribution in [0, 0.1) is 11.8 Å². The van der Waals surface area contributed by atoms with Gasteiger partial charge in [0.15, 0.2) is 5.78 Å². The van der Waals surface area contributed by atoms with Crippen molar-refractivity contribution in [1.29, 1.82) is 0 Å². The first-order valence-electron chi connectivity index (χ1n) is 8.54. The Labute approximate surface area is 144 Å². The van der Waals surface area contributed by atoms with E-state index in [4.69, 9.17) is 4.74 Å². The highest BCUT2D eigenvalue weighted by atomic mass is 16.5. The minimum atomic E-state index is -0.189. The average molecular weight is 326 g/mol. The van der Waals surface area contributed by atoms with Gasteiger partial charge in [-0.05, 0) is 36.8 Å². The van der Waals surface area contributed by atoms with E-state index >= 15 is 0 Å². The van der Waals surface area contributed by atoms with Gasteiger partial charge in [0.2, 0.25) is 0 Å². The van der Waals surface area contributed by atoms with E-state index in [0.29, 0.717) is 35.3 Å². The Morgan fingerprint density at radius 1 is 1.08 bits per heavy atom. The summed E-state index contributed by atoms with van der Waals surface area (Å²) in [7, 11) is 0. The van der Waals surface area contributed by atoms with Crippen molar-refractivity contribution in [2.45, 2.75) is 33.6 Å². The molecular weight excluding hydrogens is 300 g/mol. The van der Waals surface area contributed by atoms with E-state index in [1.54, 1.807) is 36.4 Å². The Kier molecular flexibility index (Phi) is 6.42. The number of rotatable bonds is 8. The molecule has 0 bridgehead atoms. The van der Waals surface area contributed by atoms with Crippen LogP contribution >= 0.6 is 0 Å². The van der Waals surface area contributed by atoms with E-state index in [-0.39, 0.29) is 11.5 Å². The molecule has 0 saturated heterocycles. The topological polar surface area (TPSA) is 46.5 Å². The van der Waals surface area contributed by atoms with Crippen LogP contribution in [-0.4, -0.2) is 17.5 Å². The minimum absolute atomic E-state index is 0.0445. The van der Waals surface area contributed by atoms with Gasteiger partial charge in [-0.1, -0.05) is 51.1 Å².